The van der Waals surface area contributed by atoms with E-state index in [2.05, 4.69) is 11.6 Å². The highest BCUT2D eigenvalue weighted by molar-refractivity contribution is 5.76. The minimum atomic E-state index is -0.322. The van der Waals surface area contributed by atoms with Gasteiger partial charge in [0, 0.05) is 11.5 Å². The molecular weight excluding hydrogens is 200 g/mol. The Hall–Kier alpha value is -1.77. The summed E-state index contributed by atoms with van der Waals surface area (Å²) in [6.07, 6.45) is 7.58. The van der Waals surface area contributed by atoms with Crippen molar-refractivity contribution in [1.82, 2.24) is 4.98 Å². The number of amides is 1. The molecule has 0 bridgehead atoms. The van der Waals surface area contributed by atoms with Gasteiger partial charge in [-0.05, 0) is 23.8 Å². The first-order chi connectivity index (χ1) is 7.69. The van der Waals surface area contributed by atoms with Gasteiger partial charge in [-0.1, -0.05) is 32.6 Å². The number of rotatable bonds is 3. The summed E-state index contributed by atoms with van der Waals surface area (Å²) in [5.41, 5.74) is 6.06. The molecule has 3 heteroatoms. The Morgan fingerprint density at radius 3 is 2.62 bits per heavy atom. The average Bonchev–Trinajstić information content (AvgIpc) is 2.63. The standard InChI is InChI=1S/C11H14N2O.C2H6/c1-3-5-10-9(4-2)8(7-13-10)6-11(12)14;1-2/h3-5,7,13H,1,6H2,2H3,(H2,12,14);1-2H3/b9-4-,10-5+;. The maximum absolute atomic E-state index is 10.8. The van der Waals surface area contributed by atoms with Crippen LogP contribution >= 0.6 is 0 Å². The molecule has 1 rings (SSSR count). The zero-order valence-electron chi connectivity index (χ0n) is 10.2. The molecule has 0 spiro atoms. The van der Waals surface area contributed by atoms with Crippen molar-refractivity contribution >= 4 is 18.1 Å². The van der Waals surface area contributed by atoms with Gasteiger partial charge in [0.25, 0.3) is 0 Å². The fourth-order valence-corrected chi connectivity index (χ4v) is 1.42. The summed E-state index contributed by atoms with van der Waals surface area (Å²) in [6.45, 7) is 9.55. The van der Waals surface area contributed by atoms with Gasteiger partial charge in [-0.3, -0.25) is 4.79 Å². The largest absolute Gasteiger partial charge is 0.369 e. The van der Waals surface area contributed by atoms with Gasteiger partial charge >= 0.3 is 0 Å². The molecule has 88 valence electrons. The Kier molecular flexibility index (Phi) is 6.68. The molecule has 0 fully saturated rings. The SMILES string of the molecule is C=C/C=c1/[nH]cc(CC(N)=O)/c1=C/C.CC. The number of aromatic nitrogens is 1. The van der Waals surface area contributed by atoms with Crippen molar-refractivity contribution in [3.8, 4) is 0 Å². The second-order valence-electron chi connectivity index (χ2n) is 2.98. The van der Waals surface area contributed by atoms with E-state index in [1.54, 1.807) is 12.3 Å². The summed E-state index contributed by atoms with van der Waals surface area (Å²) in [5.74, 6) is -0.322. The summed E-state index contributed by atoms with van der Waals surface area (Å²) in [5, 5.41) is 1.97. The molecule has 1 amide bonds. The maximum atomic E-state index is 10.8. The molecule has 0 saturated heterocycles. The molecule has 0 atom stereocenters. The lowest BCUT2D eigenvalue weighted by Gasteiger charge is -1.90. The summed E-state index contributed by atoms with van der Waals surface area (Å²) in [6, 6.07) is 0. The van der Waals surface area contributed by atoms with E-state index in [-0.39, 0.29) is 12.3 Å². The second kappa shape index (κ2) is 7.51. The fraction of sp³-hybridized carbons (Fsp3) is 0.308. The predicted octanol–water partition coefficient (Wildman–Crippen LogP) is 0.836. The van der Waals surface area contributed by atoms with Gasteiger partial charge < -0.3 is 10.7 Å². The molecule has 1 heterocycles. The van der Waals surface area contributed by atoms with Crippen molar-refractivity contribution in [2.24, 2.45) is 5.73 Å². The highest BCUT2D eigenvalue weighted by atomic mass is 16.1. The summed E-state index contributed by atoms with van der Waals surface area (Å²) in [4.78, 5) is 13.8. The van der Waals surface area contributed by atoms with Gasteiger partial charge in [-0.15, -0.1) is 0 Å². The van der Waals surface area contributed by atoms with E-state index in [0.29, 0.717) is 0 Å². The van der Waals surface area contributed by atoms with Crippen LogP contribution in [0, 0.1) is 0 Å². The lowest BCUT2D eigenvalue weighted by Crippen LogP contribution is -2.27. The number of nitrogens with one attached hydrogen (secondary N) is 1. The number of carbonyl (C=O) groups excluding carboxylic acids is 1. The number of nitrogens with two attached hydrogens (primary N) is 1. The number of H-pyrrole nitrogens is 1. The van der Waals surface area contributed by atoms with Crippen LogP contribution in [0.2, 0.25) is 0 Å². The lowest BCUT2D eigenvalue weighted by atomic mass is 10.2. The van der Waals surface area contributed by atoms with Gasteiger partial charge in [-0.2, -0.15) is 0 Å². The van der Waals surface area contributed by atoms with Gasteiger partial charge in [0.05, 0.1) is 6.42 Å². The zero-order chi connectivity index (χ0) is 12.6. The van der Waals surface area contributed by atoms with Crippen molar-refractivity contribution in [3.05, 3.63) is 35.0 Å². The van der Waals surface area contributed by atoms with Crippen LogP contribution in [0.3, 0.4) is 0 Å². The minimum absolute atomic E-state index is 0.265. The molecule has 0 aliphatic heterocycles. The molecule has 1 aromatic rings. The van der Waals surface area contributed by atoms with E-state index in [9.17, 15) is 4.79 Å². The van der Waals surface area contributed by atoms with Crippen LogP contribution in [0.5, 0.6) is 0 Å². The van der Waals surface area contributed by atoms with Gasteiger partial charge in [0.15, 0.2) is 0 Å². The molecular formula is C13H20N2O. The van der Waals surface area contributed by atoms with E-state index >= 15 is 0 Å². The number of aromatic amines is 1. The number of hydrogen-bond donors (Lipinski definition) is 2. The van der Waals surface area contributed by atoms with Crippen molar-refractivity contribution in [1.29, 1.82) is 0 Å². The molecule has 0 aliphatic rings. The molecule has 16 heavy (non-hydrogen) atoms. The molecule has 3 nitrogen and oxygen atoms in total. The van der Waals surface area contributed by atoms with Crippen LogP contribution in [-0.2, 0) is 11.2 Å². The first kappa shape index (κ1) is 14.2. The monoisotopic (exact) mass is 220 g/mol. The predicted molar refractivity (Wildman–Crippen MR) is 69.1 cm³/mol. The zero-order valence-corrected chi connectivity index (χ0v) is 10.2. The first-order valence-electron chi connectivity index (χ1n) is 5.42. The Labute approximate surface area is 96.4 Å². The van der Waals surface area contributed by atoms with Crippen LogP contribution < -0.4 is 16.3 Å². The van der Waals surface area contributed by atoms with Crippen molar-refractivity contribution < 1.29 is 4.79 Å². The van der Waals surface area contributed by atoms with E-state index in [4.69, 9.17) is 5.73 Å². The third-order valence-electron chi connectivity index (χ3n) is 1.98. The highest BCUT2D eigenvalue weighted by Crippen LogP contribution is 1.87. The van der Waals surface area contributed by atoms with Gasteiger partial charge in [0.1, 0.15) is 0 Å². The lowest BCUT2D eigenvalue weighted by molar-refractivity contribution is -0.117. The third kappa shape index (κ3) is 3.77. The summed E-state index contributed by atoms with van der Waals surface area (Å²) < 4.78 is 0. The summed E-state index contributed by atoms with van der Waals surface area (Å²) in [7, 11) is 0. The molecule has 0 saturated carbocycles. The third-order valence-corrected chi connectivity index (χ3v) is 1.98. The molecule has 0 radical (unpaired) electrons. The van der Waals surface area contributed by atoms with E-state index < -0.39 is 0 Å². The van der Waals surface area contributed by atoms with Gasteiger partial charge in [0.2, 0.25) is 5.91 Å². The fourth-order valence-electron chi connectivity index (χ4n) is 1.42. The molecule has 1 aromatic heterocycles. The molecule has 0 aromatic carbocycles. The number of primary amides is 1. The Bertz CT molecular complexity index is 455. The maximum Gasteiger partial charge on any atom is 0.221 e. The highest BCUT2D eigenvalue weighted by Gasteiger charge is 2.01. The normalized spacial score (nSPS) is 11.9. The average molecular weight is 220 g/mol. The van der Waals surface area contributed by atoms with E-state index in [1.165, 1.54) is 0 Å². The van der Waals surface area contributed by atoms with Crippen molar-refractivity contribution in [2.75, 3.05) is 0 Å². The molecule has 3 N–H and O–H groups in total. The van der Waals surface area contributed by atoms with Crippen LogP contribution in [0.15, 0.2) is 18.9 Å². The number of hydrogen-bond acceptors (Lipinski definition) is 1. The number of carbonyl (C=O) groups is 1. The minimum Gasteiger partial charge on any atom is -0.369 e. The van der Waals surface area contributed by atoms with Crippen LogP contribution in [0.25, 0.3) is 12.2 Å². The van der Waals surface area contributed by atoms with Crippen LogP contribution in [0.1, 0.15) is 26.3 Å². The van der Waals surface area contributed by atoms with Crippen LogP contribution in [-0.4, -0.2) is 10.9 Å². The Morgan fingerprint density at radius 2 is 2.19 bits per heavy atom. The Balaban J connectivity index is 0.00000106. The topological polar surface area (TPSA) is 58.9 Å². The van der Waals surface area contributed by atoms with Crippen molar-refractivity contribution in [3.63, 3.8) is 0 Å². The van der Waals surface area contributed by atoms with Gasteiger partial charge in [-0.25, -0.2) is 0 Å². The van der Waals surface area contributed by atoms with Crippen LogP contribution in [0.4, 0.5) is 0 Å². The quantitative estimate of drug-likeness (QED) is 0.779. The smallest absolute Gasteiger partial charge is 0.221 e. The first-order valence-corrected chi connectivity index (χ1v) is 5.42. The molecule has 0 aliphatic carbocycles. The van der Waals surface area contributed by atoms with Crippen molar-refractivity contribution in [2.45, 2.75) is 27.2 Å². The second-order valence-corrected chi connectivity index (χ2v) is 2.98. The van der Waals surface area contributed by atoms with E-state index in [1.807, 2.05) is 32.9 Å². The summed E-state index contributed by atoms with van der Waals surface area (Å²) >= 11 is 0. The van der Waals surface area contributed by atoms with E-state index in [0.717, 1.165) is 16.1 Å². The Morgan fingerprint density at radius 1 is 1.56 bits per heavy atom. The molecule has 0 unspecified atom stereocenters. The number of allylic oxidation sites excluding steroid dienone is 1.